The Bertz CT molecular complexity index is 1170. The second kappa shape index (κ2) is 7.49. The summed E-state index contributed by atoms with van der Waals surface area (Å²) in [6, 6.07) is 15.7. The molecule has 0 spiro atoms. The van der Waals surface area contributed by atoms with Crippen LogP contribution in [0.15, 0.2) is 60.8 Å². The van der Waals surface area contributed by atoms with Crippen LogP contribution in [0.3, 0.4) is 0 Å². The summed E-state index contributed by atoms with van der Waals surface area (Å²) in [4.78, 5) is 12.8. The molecule has 7 heteroatoms. The molecule has 0 saturated heterocycles. The molecular formula is C23H18F3N3S. The van der Waals surface area contributed by atoms with E-state index in [1.54, 1.807) is 0 Å². The summed E-state index contributed by atoms with van der Waals surface area (Å²) in [6.07, 6.45) is -1.73. The van der Waals surface area contributed by atoms with Crippen molar-refractivity contribution in [2.75, 3.05) is 6.54 Å². The number of hydrogen-bond donors (Lipinski definition) is 0. The number of halogens is 3. The highest BCUT2D eigenvalue weighted by Gasteiger charge is 2.30. The van der Waals surface area contributed by atoms with Crippen molar-refractivity contribution in [1.29, 1.82) is 0 Å². The van der Waals surface area contributed by atoms with Crippen molar-refractivity contribution >= 4 is 21.4 Å². The molecule has 5 rings (SSSR count). The van der Waals surface area contributed by atoms with Crippen molar-refractivity contribution < 1.29 is 13.2 Å². The van der Waals surface area contributed by atoms with Gasteiger partial charge in [0.25, 0.3) is 0 Å². The molecule has 4 aromatic rings. The molecule has 3 nitrogen and oxygen atoms in total. The third kappa shape index (κ3) is 3.82. The largest absolute Gasteiger partial charge is 0.416 e. The lowest BCUT2D eigenvalue weighted by molar-refractivity contribution is -0.137. The molecule has 1 aliphatic heterocycles. The smallest absolute Gasteiger partial charge is 0.293 e. The number of aromatic nitrogens is 2. The van der Waals surface area contributed by atoms with E-state index in [0.29, 0.717) is 11.4 Å². The summed E-state index contributed by atoms with van der Waals surface area (Å²) in [7, 11) is 0. The number of alkyl halides is 3. The van der Waals surface area contributed by atoms with E-state index in [4.69, 9.17) is 0 Å². The van der Waals surface area contributed by atoms with E-state index in [0.717, 1.165) is 49.4 Å². The fourth-order valence-corrected chi connectivity index (χ4v) is 4.90. The first-order valence-electron chi connectivity index (χ1n) is 9.68. The summed E-state index contributed by atoms with van der Waals surface area (Å²) in [6.45, 7) is 2.56. The van der Waals surface area contributed by atoms with Gasteiger partial charge in [-0.1, -0.05) is 30.3 Å². The Morgan fingerprint density at radius 1 is 1.03 bits per heavy atom. The van der Waals surface area contributed by atoms with Crippen molar-refractivity contribution in [2.24, 2.45) is 0 Å². The van der Waals surface area contributed by atoms with Crippen LogP contribution in [0.5, 0.6) is 0 Å². The quantitative estimate of drug-likeness (QED) is 0.407. The Morgan fingerprint density at radius 2 is 1.83 bits per heavy atom. The minimum Gasteiger partial charge on any atom is -0.293 e. The highest BCUT2D eigenvalue weighted by Crippen LogP contribution is 2.31. The van der Waals surface area contributed by atoms with Crippen LogP contribution in [-0.4, -0.2) is 21.4 Å². The van der Waals surface area contributed by atoms with E-state index >= 15 is 0 Å². The number of rotatable bonds is 3. The minimum absolute atomic E-state index is 0.473. The van der Waals surface area contributed by atoms with Crippen LogP contribution in [0.4, 0.5) is 13.2 Å². The predicted molar refractivity (Wildman–Crippen MR) is 112 cm³/mol. The van der Waals surface area contributed by atoms with Gasteiger partial charge in [0.2, 0.25) is 0 Å². The molecule has 0 N–H and O–H groups in total. The van der Waals surface area contributed by atoms with Gasteiger partial charge < -0.3 is 0 Å². The third-order valence-corrected chi connectivity index (χ3v) is 6.44. The van der Waals surface area contributed by atoms with Gasteiger partial charge in [-0.15, -0.1) is 11.3 Å². The first-order valence-corrected chi connectivity index (χ1v) is 10.5. The molecule has 0 radical (unpaired) electrons. The van der Waals surface area contributed by atoms with Gasteiger partial charge in [-0.05, 0) is 29.7 Å². The van der Waals surface area contributed by atoms with Crippen LogP contribution in [0.2, 0.25) is 0 Å². The summed E-state index contributed by atoms with van der Waals surface area (Å²) in [5.41, 5.74) is 1.99. The second-order valence-electron chi connectivity index (χ2n) is 7.45. The van der Waals surface area contributed by atoms with Crippen molar-refractivity contribution in [3.05, 3.63) is 82.5 Å². The normalized spacial score (nSPS) is 14.8. The Balaban J connectivity index is 1.32. The molecule has 2 aromatic carbocycles. The lowest BCUT2D eigenvalue weighted by Gasteiger charge is -2.27. The predicted octanol–water partition coefficient (Wildman–Crippen LogP) is 5.94. The van der Waals surface area contributed by atoms with Crippen LogP contribution in [0.1, 0.15) is 21.7 Å². The number of fused-ring (bicyclic) bond motifs is 2. The summed E-state index contributed by atoms with van der Waals surface area (Å²) >= 11 is 1.82. The van der Waals surface area contributed by atoms with Crippen LogP contribution in [0.25, 0.3) is 21.5 Å². The van der Waals surface area contributed by atoms with Crippen molar-refractivity contribution in [3.63, 3.8) is 0 Å². The summed E-state index contributed by atoms with van der Waals surface area (Å²) in [5, 5.41) is 1.28. The topological polar surface area (TPSA) is 29.0 Å². The van der Waals surface area contributed by atoms with Gasteiger partial charge in [0.15, 0.2) is 5.82 Å². The van der Waals surface area contributed by atoms with Crippen molar-refractivity contribution in [2.45, 2.75) is 25.7 Å². The zero-order valence-electron chi connectivity index (χ0n) is 16.0. The SMILES string of the molecule is FC(F)(F)c1ccc(-c2ncc3c(n2)CCN(Cc2cc4ccccc4s2)C3)cc1. The standard InChI is InChI=1S/C23H18F3N3S/c24-23(25,26)18-7-5-15(6-8-18)22-27-12-17-13-29(10-9-20(17)28-22)14-19-11-16-3-1-2-4-21(16)30-19/h1-8,11-12H,9-10,13-14H2. The lowest BCUT2D eigenvalue weighted by atomic mass is 10.1. The average Bonchev–Trinajstić information content (AvgIpc) is 3.15. The van der Waals surface area contributed by atoms with Crippen LogP contribution < -0.4 is 0 Å². The molecule has 1 aliphatic rings. The van der Waals surface area contributed by atoms with Gasteiger partial charge in [-0.25, -0.2) is 9.97 Å². The first kappa shape index (κ1) is 19.2. The summed E-state index contributed by atoms with van der Waals surface area (Å²) in [5.74, 6) is 0.473. The molecule has 0 amide bonds. The Kier molecular flexibility index (Phi) is 4.79. The van der Waals surface area contributed by atoms with Gasteiger partial charge in [-0.2, -0.15) is 13.2 Å². The Hall–Kier alpha value is -2.77. The Morgan fingerprint density at radius 3 is 2.60 bits per heavy atom. The molecule has 3 heterocycles. The van der Waals surface area contributed by atoms with E-state index in [1.165, 1.54) is 27.1 Å². The molecule has 0 atom stereocenters. The van der Waals surface area contributed by atoms with E-state index in [9.17, 15) is 13.2 Å². The van der Waals surface area contributed by atoms with Crippen LogP contribution in [0, 0.1) is 0 Å². The van der Waals surface area contributed by atoms with Crippen LogP contribution in [-0.2, 0) is 25.7 Å². The zero-order valence-corrected chi connectivity index (χ0v) is 16.8. The van der Waals surface area contributed by atoms with E-state index in [1.807, 2.05) is 17.5 Å². The zero-order chi connectivity index (χ0) is 20.7. The highest BCUT2D eigenvalue weighted by molar-refractivity contribution is 7.19. The highest BCUT2D eigenvalue weighted by atomic mass is 32.1. The number of thiophene rings is 1. The van der Waals surface area contributed by atoms with Crippen molar-refractivity contribution in [1.82, 2.24) is 14.9 Å². The lowest BCUT2D eigenvalue weighted by Crippen LogP contribution is -2.30. The van der Waals surface area contributed by atoms with E-state index in [2.05, 4.69) is 45.2 Å². The molecule has 0 saturated carbocycles. The average molecular weight is 425 g/mol. The number of hydrogen-bond acceptors (Lipinski definition) is 4. The fourth-order valence-electron chi connectivity index (χ4n) is 3.79. The molecule has 0 fully saturated rings. The van der Waals surface area contributed by atoms with E-state index in [-0.39, 0.29) is 0 Å². The maximum Gasteiger partial charge on any atom is 0.416 e. The maximum atomic E-state index is 12.8. The number of nitrogens with zero attached hydrogens (tertiary/aromatic N) is 3. The third-order valence-electron chi connectivity index (χ3n) is 5.34. The van der Waals surface area contributed by atoms with Crippen LogP contribution >= 0.6 is 11.3 Å². The van der Waals surface area contributed by atoms with Gasteiger partial charge in [0.05, 0.1) is 11.3 Å². The van der Waals surface area contributed by atoms with Gasteiger partial charge >= 0.3 is 6.18 Å². The first-order chi connectivity index (χ1) is 14.5. The van der Waals surface area contributed by atoms with Crippen molar-refractivity contribution in [3.8, 4) is 11.4 Å². The van der Waals surface area contributed by atoms with Gasteiger partial charge in [-0.3, -0.25) is 4.90 Å². The monoisotopic (exact) mass is 425 g/mol. The molecule has 0 aliphatic carbocycles. The molecule has 2 aromatic heterocycles. The second-order valence-corrected chi connectivity index (χ2v) is 8.62. The van der Waals surface area contributed by atoms with Gasteiger partial charge in [0.1, 0.15) is 0 Å². The fraction of sp³-hybridized carbons (Fsp3) is 0.217. The summed E-state index contributed by atoms with van der Waals surface area (Å²) < 4.78 is 39.6. The Labute approximate surface area is 175 Å². The molecule has 0 bridgehead atoms. The molecule has 0 unspecified atom stereocenters. The van der Waals surface area contributed by atoms with Gasteiger partial charge in [0, 0.05) is 53.0 Å². The minimum atomic E-state index is -4.34. The van der Waals surface area contributed by atoms with E-state index < -0.39 is 11.7 Å². The molecule has 152 valence electrons. The maximum absolute atomic E-state index is 12.8. The number of benzene rings is 2. The molecular weight excluding hydrogens is 407 g/mol. The molecule has 30 heavy (non-hydrogen) atoms.